The summed E-state index contributed by atoms with van der Waals surface area (Å²) in [7, 11) is 1.54. The minimum Gasteiger partial charge on any atom is -0.508 e. The molecule has 7 heteroatoms. The molecule has 1 atom stereocenters. The summed E-state index contributed by atoms with van der Waals surface area (Å²) in [5, 5.41) is 18.8. The summed E-state index contributed by atoms with van der Waals surface area (Å²) in [6.45, 7) is 2.21. The second-order valence-electron chi connectivity index (χ2n) is 5.92. The van der Waals surface area contributed by atoms with E-state index in [9.17, 15) is 9.90 Å². The summed E-state index contributed by atoms with van der Waals surface area (Å²) < 4.78 is 10.2. The minimum absolute atomic E-state index is 0.0842. The first-order valence-electron chi connectivity index (χ1n) is 8.18. The highest BCUT2D eigenvalue weighted by Crippen LogP contribution is 2.38. The van der Waals surface area contributed by atoms with E-state index in [0.717, 1.165) is 10.8 Å². The Balaban J connectivity index is 2.09. The van der Waals surface area contributed by atoms with Crippen molar-refractivity contribution in [2.24, 2.45) is 0 Å². The Hall–Kier alpha value is -2.64. The smallest absolute Gasteiger partial charge is 0.338 e. The van der Waals surface area contributed by atoms with Gasteiger partial charge in [0.25, 0.3) is 0 Å². The Morgan fingerprint density at radius 1 is 1.23 bits per heavy atom. The molecule has 0 fully saturated rings. The molecule has 0 unspecified atom stereocenters. The highest BCUT2D eigenvalue weighted by Gasteiger charge is 2.33. The van der Waals surface area contributed by atoms with E-state index >= 15 is 0 Å². The Bertz CT molecular complexity index is 894. The predicted molar refractivity (Wildman–Crippen MR) is 103 cm³/mol. The van der Waals surface area contributed by atoms with Crippen LogP contribution in [0.1, 0.15) is 18.5 Å². The SMILES string of the molecule is COCCOC(=O)C1=C(C)NC(=S)N[C@H]1c1c(O)ccc2ccccc12. The van der Waals surface area contributed by atoms with Crippen molar-refractivity contribution in [3.05, 3.63) is 53.2 Å². The van der Waals surface area contributed by atoms with Crippen LogP contribution in [0.3, 0.4) is 0 Å². The molecular weight excluding hydrogens is 352 g/mol. The Labute approximate surface area is 156 Å². The van der Waals surface area contributed by atoms with E-state index in [-0.39, 0.29) is 12.4 Å². The van der Waals surface area contributed by atoms with Crippen molar-refractivity contribution in [2.45, 2.75) is 13.0 Å². The third kappa shape index (κ3) is 3.49. The van der Waals surface area contributed by atoms with Gasteiger partial charge in [-0.25, -0.2) is 4.79 Å². The number of fused-ring (bicyclic) bond motifs is 1. The van der Waals surface area contributed by atoms with Gasteiger partial charge in [-0.15, -0.1) is 0 Å². The van der Waals surface area contributed by atoms with Crippen LogP contribution in [-0.4, -0.2) is 36.5 Å². The molecule has 2 aromatic carbocycles. The van der Waals surface area contributed by atoms with Gasteiger partial charge in [-0.1, -0.05) is 30.3 Å². The van der Waals surface area contributed by atoms with Gasteiger partial charge in [-0.05, 0) is 36.0 Å². The Morgan fingerprint density at radius 2 is 2.00 bits per heavy atom. The largest absolute Gasteiger partial charge is 0.508 e. The van der Waals surface area contributed by atoms with Crippen molar-refractivity contribution >= 4 is 34.1 Å². The first-order chi connectivity index (χ1) is 12.5. The van der Waals surface area contributed by atoms with Crippen molar-refractivity contribution in [1.82, 2.24) is 10.6 Å². The number of ether oxygens (including phenoxy) is 2. The molecule has 1 aliphatic rings. The molecule has 1 aliphatic heterocycles. The number of hydrogen-bond donors (Lipinski definition) is 3. The number of thiocarbonyl (C=S) groups is 1. The molecule has 0 saturated heterocycles. The number of carbonyl (C=O) groups is 1. The highest BCUT2D eigenvalue weighted by molar-refractivity contribution is 7.80. The predicted octanol–water partition coefficient (Wildman–Crippen LogP) is 2.53. The lowest BCUT2D eigenvalue weighted by Crippen LogP contribution is -2.45. The number of methoxy groups -OCH3 is 1. The van der Waals surface area contributed by atoms with E-state index < -0.39 is 12.0 Å². The van der Waals surface area contributed by atoms with Crippen LogP contribution in [0.5, 0.6) is 5.75 Å². The zero-order valence-corrected chi connectivity index (χ0v) is 15.4. The van der Waals surface area contributed by atoms with E-state index in [2.05, 4.69) is 10.6 Å². The number of esters is 1. The van der Waals surface area contributed by atoms with Crippen molar-refractivity contribution in [2.75, 3.05) is 20.3 Å². The molecule has 136 valence electrons. The lowest BCUT2D eigenvalue weighted by molar-refractivity contribution is -0.140. The average Bonchev–Trinajstić information content (AvgIpc) is 2.61. The molecule has 26 heavy (non-hydrogen) atoms. The van der Waals surface area contributed by atoms with Crippen LogP contribution in [0, 0.1) is 0 Å². The van der Waals surface area contributed by atoms with E-state index in [1.54, 1.807) is 13.0 Å². The van der Waals surface area contributed by atoms with Gasteiger partial charge < -0.3 is 25.2 Å². The lowest BCUT2D eigenvalue weighted by Gasteiger charge is -2.31. The quantitative estimate of drug-likeness (QED) is 0.423. The van der Waals surface area contributed by atoms with Crippen LogP contribution >= 0.6 is 12.2 Å². The summed E-state index contributed by atoms with van der Waals surface area (Å²) in [5.74, 6) is -0.403. The molecule has 0 aromatic heterocycles. The molecule has 0 amide bonds. The number of nitrogens with one attached hydrogen (secondary N) is 2. The van der Waals surface area contributed by atoms with Gasteiger partial charge in [0.05, 0.1) is 18.2 Å². The molecular formula is C19H20N2O4S. The summed E-state index contributed by atoms with van der Waals surface area (Å²) in [6.07, 6.45) is 0. The number of phenolic OH excluding ortho intramolecular Hbond substituents is 1. The molecule has 0 aliphatic carbocycles. The Morgan fingerprint density at radius 3 is 2.77 bits per heavy atom. The zero-order chi connectivity index (χ0) is 18.7. The van der Waals surface area contributed by atoms with Crippen LogP contribution in [0.4, 0.5) is 0 Å². The molecule has 0 spiro atoms. The summed E-state index contributed by atoms with van der Waals surface area (Å²) >= 11 is 5.26. The first-order valence-corrected chi connectivity index (χ1v) is 8.58. The summed E-state index contributed by atoms with van der Waals surface area (Å²) in [5.41, 5.74) is 1.56. The van der Waals surface area contributed by atoms with Gasteiger partial charge in [-0.3, -0.25) is 0 Å². The third-order valence-corrected chi connectivity index (χ3v) is 4.47. The topological polar surface area (TPSA) is 79.8 Å². The molecule has 0 radical (unpaired) electrons. The number of benzene rings is 2. The average molecular weight is 372 g/mol. The van der Waals surface area contributed by atoms with E-state index in [0.29, 0.717) is 28.6 Å². The van der Waals surface area contributed by atoms with Crippen molar-refractivity contribution in [3.8, 4) is 5.75 Å². The van der Waals surface area contributed by atoms with Gasteiger partial charge in [0, 0.05) is 18.4 Å². The minimum atomic E-state index is -0.620. The molecule has 3 rings (SSSR count). The monoisotopic (exact) mass is 372 g/mol. The van der Waals surface area contributed by atoms with Crippen LogP contribution in [0.15, 0.2) is 47.7 Å². The number of hydrogen-bond acceptors (Lipinski definition) is 5. The van der Waals surface area contributed by atoms with Crippen LogP contribution in [0.2, 0.25) is 0 Å². The number of aromatic hydroxyl groups is 1. The van der Waals surface area contributed by atoms with Crippen LogP contribution in [-0.2, 0) is 14.3 Å². The van der Waals surface area contributed by atoms with Crippen molar-refractivity contribution in [3.63, 3.8) is 0 Å². The molecule has 0 bridgehead atoms. The molecule has 2 aromatic rings. The molecule has 1 heterocycles. The van der Waals surface area contributed by atoms with E-state index in [1.807, 2.05) is 30.3 Å². The first kappa shape index (κ1) is 18.2. The third-order valence-electron chi connectivity index (χ3n) is 4.25. The van der Waals surface area contributed by atoms with Crippen molar-refractivity contribution in [1.29, 1.82) is 0 Å². The molecule has 6 nitrogen and oxygen atoms in total. The van der Waals surface area contributed by atoms with Gasteiger partial charge in [0.1, 0.15) is 12.4 Å². The molecule has 0 saturated carbocycles. The number of rotatable bonds is 5. The fraction of sp³-hybridized carbons (Fsp3) is 0.263. The maximum atomic E-state index is 12.7. The molecule has 3 N–H and O–H groups in total. The second kappa shape index (κ2) is 7.72. The maximum Gasteiger partial charge on any atom is 0.338 e. The summed E-state index contributed by atoms with van der Waals surface area (Å²) in [6, 6.07) is 10.5. The zero-order valence-electron chi connectivity index (χ0n) is 14.5. The van der Waals surface area contributed by atoms with Gasteiger partial charge in [-0.2, -0.15) is 0 Å². The van der Waals surface area contributed by atoms with Gasteiger partial charge in [0.15, 0.2) is 5.11 Å². The van der Waals surface area contributed by atoms with Crippen molar-refractivity contribution < 1.29 is 19.4 Å². The van der Waals surface area contributed by atoms with Crippen LogP contribution < -0.4 is 10.6 Å². The van der Waals surface area contributed by atoms with Gasteiger partial charge in [0.2, 0.25) is 0 Å². The maximum absolute atomic E-state index is 12.7. The van der Waals surface area contributed by atoms with E-state index in [1.165, 1.54) is 7.11 Å². The number of allylic oxidation sites excluding steroid dienone is 1. The lowest BCUT2D eigenvalue weighted by atomic mass is 9.91. The highest BCUT2D eigenvalue weighted by atomic mass is 32.1. The van der Waals surface area contributed by atoms with Crippen LogP contribution in [0.25, 0.3) is 10.8 Å². The van der Waals surface area contributed by atoms with E-state index in [4.69, 9.17) is 21.7 Å². The fourth-order valence-corrected chi connectivity index (χ4v) is 3.33. The number of carbonyl (C=O) groups excluding carboxylic acids is 1. The summed E-state index contributed by atoms with van der Waals surface area (Å²) in [4.78, 5) is 12.7. The standard InChI is InChI=1S/C19H20N2O4S/c1-11-15(18(23)25-10-9-24-2)17(21-19(26)20-11)16-13-6-4-3-5-12(13)7-8-14(16)22/h3-8,17,22H,9-10H2,1-2H3,(H2,20,21,26)/t17-/m1/s1. The fourth-order valence-electron chi connectivity index (χ4n) is 3.06. The second-order valence-corrected chi connectivity index (χ2v) is 6.33. The normalized spacial score (nSPS) is 17.0. The number of phenols is 1. The Kier molecular flexibility index (Phi) is 5.39. The van der Waals surface area contributed by atoms with Gasteiger partial charge >= 0.3 is 5.97 Å².